The fourth-order valence-corrected chi connectivity index (χ4v) is 15.4. The lowest BCUT2D eigenvalue weighted by molar-refractivity contribution is 0.000627. The van der Waals surface area contributed by atoms with E-state index in [4.69, 9.17) is 4.74 Å². The summed E-state index contributed by atoms with van der Waals surface area (Å²) >= 11 is 0. The highest BCUT2D eigenvalue weighted by atomic mass is 16.5. The maximum absolute atomic E-state index is 7.79. The van der Waals surface area contributed by atoms with E-state index in [2.05, 4.69) is 223 Å². The van der Waals surface area contributed by atoms with E-state index in [1.54, 1.807) is 0 Å². The lowest BCUT2D eigenvalue weighted by Gasteiger charge is -2.62. The molecular weight excluding hydrogens is 896 g/mol. The number of benzene rings is 7. The van der Waals surface area contributed by atoms with Crippen LogP contribution in [0, 0.1) is 23.2 Å². The zero-order chi connectivity index (χ0) is 50.6. The average Bonchev–Trinajstić information content (AvgIpc) is 3.71. The van der Waals surface area contributed by atoms with Gasteiger partial charge in [0.1, 0.15) is 11.5 Å². The van der Waals surface area contributed by atoms with Crippen LogP contribution >= 0.6 is 0 Å². The van der Waals surface area contributed by atoms with E-state index < -0.39 is 0 Å². The number of allylic oxidation sites excluding steroid dienone is 4. The van der Waals surface area contributed by atoms with Crippen molar-refractivity contribution in [3.05, 3.63) is 174 Å². The van der Waals surface area contributed by atoms with Gasteiger partial charge in [0.05, 0.1) is 11.0 Å². The average molecular weight is 967 g/mol. The van der Waals surface area contributed by atoms with Crippen LogP contribution in [0.3, 0.4) is 0 Å². The molecule has 4 bridgehead atoms. The molecule has 0 radical (unpaired) electrons. The number of ether oxygens (including phenoxy) is 1. The van der Waals surface area contributed by atoms with Gasteiger partial charge in [-0.1, -0.05) is 165 Å². The van der Waals surface area contributed by atoms with Gasteiger partial charge in [0.2, 0.25) is 0 Å². The highest BCUT2D eigenvalue weighted by molar-refractivity contribution is 6.99. The Morgan fingerprint density at radius 2 is 1.12 bits per heavy atom. The Morgan fingerprint density at radius 3 is 1.69 bits per heavy atom. The first-order chi connectivity index (χ1) is 35.5. The molecule has 74 heavy (non-hydrogen) atoms. The van der Waals surface area contributed by atoms with Gasteiger partial charge in [-0.2, -0.15) is 0 Å². The van der Waals surface area contributed by atoms with Gasteiger partial charge in [0.25, 0.3) is 6.71 Å². The van der Waals surface area contributed by atoms with Gasteiger partial charge in [-0.05, 0) is 195 Å². The van der Waals surface area contributed by atoms with E-state index in [0.717, 1.165) is 58.9 Å². The van der Waals surface area contributed by atoms with Crippen molar-refractivity contribution >= 4 is 61.9 Å². The van der Waals surface area contributed by atoms with Gasteiger partial charge >= 0.3 is 0 Å². The van der Waals surface area contributed by atoms with Gasteiger partial charge in [0.15, 0.2) is 0 Å². The topological polar surface area (TPSA) is 17.4 Å². The molecule has 0 saturated heterocycles. The van der Waals surface area contributed by atoms with Crippen LogP contribution in [0.15, 0.2) is 157 Å². The minimum Gasteiger partial charge on any atom is -0.458 e. The Kier molecular flexibility index (Phi) is 10.1. The Morgan fingerprint density at radius 1 is 0.514 bits per heavy atom. The van der Waals surface area contributed by atoms with Crippen molar-refractivity contribution in [2.75, 3.05) is 4.90 Å². The van der Waals surface area contributed by atoms with Gasteiger partial charge < -0.3 is 14.2 Å². The van der Waals surface area contributed by atoms with Crippen LogP contribution in [0.25, 0.3) is 55.3 Å². The van der Waals surface area contributed by atoms with Crippen LogP contribution in [0.2, 0.25) is 0 Å². The van der Waals surface area contributed by atoms with Crippen molar-refractivity contribution in [3.63, 3.8) is 0 Å². The molecule has 8 aromatic rings. The molecule has 7 aromatic carbocycles. The summed E-state index contributed by atoms with van der Waals surface area (Å²) < 4.78 is 10.4. The molecule has 4 saturated carbocycles. The standard InChI is InChI=1S/C70H71BN2O/c1-67(2,3)51-23-20-47(21-24-51)50-34-63-65-64(35-50)74-66-55(48-18-14-11-15-19-48)38-54(72-60-28-25-52(68(4,5)6)36-56(60)57-37-53(69(7,8)9)26-29-61(57)72)39-59(66)71(65)58-33-49(46-16-12-10-13-17-46)22-27-62(58)73(63)70-40-43-30-44(41-70)32-45(31-43)42-70/h10-20,22-23,25-29,33-39,43-45H,21,24,30-32,40-42H2,1-9H3. The largest absolute Gasteiger partial charge is 0.458 e. The molecule has 370 valence electrons. The summed E-state index contributed by atoms with van der Waals surface area (Å²) in [5.41, 5.74) is 22.3. The van der Waals surface area contributed by atoms with E-state index in [9.17, 15) is 0 Å². The summed E-state index contributed by atoms with van der Waals surface area (Å²) in [4.78, 5) is 2.95. The third-order valence-electron chi connectivity index (χ3n) is 18.8. The molecule has 2 aliphatic heterocycles. The second kappa shape index (κ2) is 16.2. The third kappa shape index (κ3) is 7.27. The molecule has 0 atom stereocenters. The molecule has 4 heteroatoms. The normalized spacial score (nSPS) is 21.8. The summed E-state index contributed by atoms with van der Waals surface area (Å²) in [6.45, 7) is 21.0. The molecule has 0 spiro atoms. The van der Waals surface area contributed by atoms with E-state index in [1.807, 2.05) is 0 Å². The van der Waals surface area contributed by atoms with Gasteiger partial charge in [-0.15, -0.1) is 0 Å². The van der Waals surface area contributed by atoms with Gasteiger partial charge in [-0.3, -0.25) is 0 Å². The third-order valence-corrected chi connectivity index (χ3v) is 18.8. The van der Waals surface area contributed by atoms with Gasteiger partial charge in [-0.25, -0.2) is 0 Å². The second-order valence-corrected chi connectivity index (χ2v) is 26.8. The fourth-order valence-electron chi connectivity index (χ4n) is 15.4. The minimum absolute atomic E-state index is 0.00940. The molecule has 0 amide bonds. The van der Waals surface area contributed by atoms with Crippen LogP contribution in [-0.4, -0.2) is 16.8 Å². The smallest absolute Gasteiger partial charge is 0.256 e. The first kappa shape index (κ1) is 46.0. The van der Waals surface area contributed by atoms with E-state index >= 15 is 0 Å². The lowest BCUT2D eigenvalue weighted by Crippen LogP contribution is -2.66. The van der Waals surface area contributed by atoms with Crippen molar-refractivity contribution in [3.8, 4) is 39.4 Å². The summed E-state index contributed by atoms with van der Waals surface area (Å²) in [6, 6.07) is 54.2. The summed E-state index contributed by atoms with van der Waals surface area (Å²) in [5.74, 6) is 4.37. The highest BCUT2D eigenvalue weighted by Gasteiger charge is 2.57. The molecule has 3 heterocycles. The van der Waals surface area contributed by atoms with Crippen molar-refractivity contribution in [1.29, 1.82) is 0 Å². The fraction of sp³-hybridized carbons (Fsp3) is 0.343. The van der Waals surface area contributed by atoms with Crippen LogP contribution < -0.4 is 26.0 Å². The lowest BCUT2D eigenvalue weighted by atomic mass is 9.33. The maximum Gasteiger partial charge on any atom is 0.256 e. The molecular formula is C70H71BN2O. The molecule has 3 nitrogen and oxygen atoms in total. The predicted octanol–water partition coefficient (Wildman–Crippen LogP) is 16.9. The van der Waals surface area contributed by atoms with Gasteiger partial charge in [0, 0.05) is 38.9 Å². The first-order valence-corrected chi connectivity index (χ1v) is 28.1. The Hall–Kier alpha value is -6.52. The summed E-state index contributed by atoms with van der Waals surface area (Å²) in [6.07, 6.45) is 15.0. The first-order valence-electron chi connectivity index (χ1n) is 28.1. The van der Waals surface area contributed by atoms with Crippen LogP contribution in [0.5, 0.6) is 11.5 Å². The molecule has 4 fully saturated rings. The maximum atomic E-state index is 7.79. The van der Waals surface area contributed by atoms with Crippen LogP contribution in [0.4, 0.5) is 11.4 Å². The Balaban J connectivity index is 1.07. The molecule has 15 rings (SSSR count). The quantitative estimate of drug-likeness (QED) is 0.160. The highest BCUT2D eigenvalue weighted by Crippen LogP contribution is 2.61. The van der Waals surface area contributed by atoms with E-state index in [0.29, 0.717) is 0 Å². The molecule has 0 N–H and O–H groups in total. The summed E-state index contributed by atoms with van der Waals surface area (Å²) in [7, 11) is 0. The molecule has 5 aliphatic carbocycles. The Labute approximate surface area is 440 Å². The molecule has 0 unspecified atom stereocenters. The number of hydrogen-bond donors (Lipinski definition) is 0. The Bertz CT molecular complexity index is 3570. The van der Waals surface area contributed by atoms with Crippen molar-refractivity contribution in [1.82, 2.24) is 4.57 Å². The number of anilines is 2. The predicted molar refractivity (Wildman–Crippen MR) is 314 cm³/mol. The minimum atomic E-state index is -0.0650. The van der Waals surface area contributed by atoms with Crippen LogP contribution in [-0.2, 0) is 10.8 Å². The zero-order valence-corrected chi connectivity index (χ0v) is 45.2. The number of rotatable bonds is 5. The number of hydrogen-bond acceptors (Lipinski definition) is 2. The van der Waals surface area contributed by atoms with E-state index in [-0.39, 0.29) is 28.5 Å². The SMILES string of the molecule is CC(C)(C)C1=CC=C(c2cc3c4c(c2)N(C25CC6CC(CC(C6)C2)C5)c2ccc(-c5ccccc5)cc2B4c2cc(-n4c5ccc(C(C)(C)C)cc5c5cc(C(C)(C)C)ccc54)cc(-c4ccccc4)c2O3)CC1. The van der Waals surface area contributed by atoms with E-state index in [1.165, 1.54) is 127 Å². The number of nitrogens with zero attached hydrogens (tertiary/aromatic N) is 2. The van der Waals surface area contributed by atoms with Crippen molar-refractivity contribution in [2.24, 2.45) is 23.2 Å². The number of aromatic nitrogens is 1. The molecule has 1 aromatic heterocycles. The summed E-state index contributed by atoms with van der Waals surface area (Å²) in [5, 5.41) is 2.61. The monoisotopic (exact) mass is 967 g/mol. The second-order valence-electron chi connectivity index (χ2n) is 26.8. The molecule has 7 aliphatic rings. The van der Waals surface area contributed by atoms with Crippen molar-refractivity contribution in [2.45, 2.75) is 130 Å². The van der Waals surface area contributed by atoms with Crippen LogP contribution in [0.1, 0.15) is 130 Å². The zero-order valence-electron chi connectivity index (χ0n) is 45.2. The number of fused-ring (bicyclic) bond motifs is 7. The van der Waals surface area contributed by atoms with Crippen molar-refractivity contribution < 1.29 is 4.74 Å².